The second-order valence-corrected chi connectivity index (χ2v) is 6.69. The maximum atomic E-state index is 10.3. The van der Waals surface area contributed by atoms with Crippen molar-refractivity contribution in [2.75, 3.05) is 14.2 Å². The molecule has 0 atom stereocenters. The highest BCUT2D eigenvalue weighted by Crippen LogP contribution is 2.38. The van der Waals surface area contributed by atoms with E-state index in [-0.39, 0.29) is 0 Å². The van der Waals surface area contributed by atoms with E-state index >= 15 is 0 Å². The van der Waals surface area contributed by atoms with Crippen LogP contribution in [0.1, 0.15) is 11.1 Å². The zero-order valence-corrected chi connectivity index (χ0v) is 14.7. The molecule has 3 aromatic rings. The van der Waals surface area contributed by atoms with Crippen molar-refractivity contribution in [3.8, 4) is 21.9 Å². The lowest BCUT2D eigenvalue weighted by atomic mass is 10.1. The van der Waals surface area contributed by atoms with E-state index in [1.807, 2.05) is 47.8 Å². The van der Waals surface area contributed by atoms with E-state index < -0.39 is 0 Å². The second-order valence-electron chi connectivity index (χ2n) is 5.82. The molecule has 0 radical (unpaired) electrons. The van der Waals surface area contributed by atoms with E-state index in [2.05, 4.69) is 24.1 Å². The number of aromatic hydroxyl groups is 1. The molecule has 0 bridgehead atoms. The van der Waals surface area contributed by atoms with Gasteiger partial charge in [-0.3, -0.25) is 4.90 Å². The summed E-state index contributed by atoms with van der Waals surface area (Å²) in [6.45, 7) is 1.55. The molecule has 124 valence electrons. The van der Waals surface area contributed by atoms with E-state index in [4.69, 9.17) is 4.74 Å². The molecule has 0 fully saturated rings. The lowest BCUT2D eigenvalue weighted by Gasteiger charge is -2.17. The fourth-order valence-corrected chi connectivity index (χ4v) is 3.69. The predicted octanol–water partition coefficient (Wildman–Crippen LogP) is 4.76. The van der Waals surface area contributed by atoms with Gasteiger partial charge in [-0.15, -0.1) is 11.3 Å². The van der Waals surface area contributed by atoms with Crippen molar-refractivity contribution in [1.29, 1.82) is 0 Å². The minimum atomic E-state index is 0.366. The van der Waals surface area contributed by atoms with Crippen LogP contribution < -0.4 is 4.74 Å². The van der Waals surface area contributed by atoms with Gasteiger partial charge >= 0.3 is 0 Å². The van der Waals surface area contributed by atoms with Gasteiger partial charge in [-0.25, -0.2) is 0 Å². The van der Waals surface area contributed by atoms with Gasteiger partial charge in [-0.05, 0) is 42.4 Å². The third kappa shape index (κ3) is 3.78. The summed E-state index contributed by atoms with van der Waals surface area (Å²) in [5, 5.41) is 12.1. The molecule has 0 amide bonds. The van der Waals surface area contributed by atoms with Crippen LogP contribution in [0.3, 0.4) is 0 Å². The molecular formula is C20H21NO2S. The van der Waals surface area contributed by atoms with Crippen LogP contribution in [0, 0.1) is 0 Å². The first-order valence-electron chi connectivity index (χ1n) is 7.83. The Morgan fingerprint density at radius 3 is 2.38 bits per heavy atom. The van der Waals surface area contributed by atoms with Crippen LogP contribution in [0.25, 0.3) is 10.4 Å². The standard InChI is InChI=1S/C20H21NO2S/c1-21(12-15-6-4-3-5-7-15)13-18-19(22)14-24-20(18)16-8-10-17(23-2)11-9-16/h3-11,14,22H,12-13H2,1-2H3. The molecule has 1 heterocycles. The van der Waals surface area contributed by atoms with Crippen LogP contribution in [-0.4, -0.2) is 24.2 Å². The van der Waals surface area contributed by atoms with Crippen LogP contribution >= 0.6 is 11.3 Å². The number of hydrogen-bond donors (Lipinski definition) is 1. The van der Waals surface area contributed by atoms with Gasteiger partial charge in [0, 0.05) is 28.9 Å². The molecule has 3 nitrogen and oxygen atoms in total. The van der Waals surface area contributed by atoms with Crippen LogP contribution in [0.4, 0.5) is 0 Å². The van der Waals surface area contributed by atoms with E-state index in [0.717, 1.165) is 28.3 Å². The summed E-state index contributed by atoms with van der Waals surface area (Å²) in [5.74, 6) is 1.20. The number of nitrogens with zero attached hydrogens (tertiary/aromatic N) is 1. The lowest BCUT2D eigenvalue weighted by Crippen LogP contribution is -2.17. The molecule has 0 saturated heterocycles. The Morgan fingerprint density at radius 2 is 1.71 bits per heavy atom. The first-order valence-corrected chi connectivity index (χ1v) is 8.71. The van der Waals surface area contributed by atoms with Gasteiger partial charge < -0.3 is 9.84 Å². The molecule has 0 spiro atoms. The largest absolute Gasteiger partial charge is 0.507 e. The van der Waals surface area contributed by atoms with Gasteiger partial charge in [-0.2, -0.15) is 0 Å². The van der Waals surface area contributed by atoms with Crippen molar-refractivity contribution in [2.45, 2.75) is 13.1 Å². The van der Waals surface area contributed by atoms with Gasteiger partial charge in [0.15, 0.2) is 0 Å². The smallest absolute Gasteiger partial charge is 0.131 e. The highest BCUT2D eigenvalue weighted by Gasteiger charge is 2.15. The van der Waals surface area contributed by atoms with Crippen molar-refractivity contribution in [3.63, 3.8) is 0 Å². The van der Waals surface area contributed by atoms with Gasteiger partial charge in [0.2, 0.25) is 0 Å². The summed E-state index contributed by atoms with van der Waals surface area (Å²) < 4.78 is 5.22. The molecule has 0 saturated carbocycles. The van der Waals surface area contributed by atoms with E-state index in [1.54, 1.807) is 18.4 Å². The molecule has 0 aliphatic carbocycles. The fourth-order valence-electron chi connectivity index (χ4n) is 2.73. The van der Waals surface area contributed by atoms with Crippen LogP contribution in [-0.2, 0) is 13.1 Å². The summed E-state index contributed by atoms with van der Waals surface area (Å²) in [6.07, 6.45) is 0. The maximum absolute atomic E-state index is 10.3. The fraction of sp³-hybridized carbons (Fsp3) is 0.200. The number of ether oxygens (including phenoxy) is 1. The maximum Gasteiger partial charge on any atom is 0.131 e. The highest BCUT2D eigenvalue weighted by atomic mass is 32.1. The average molecular weight is 339 g/mol. The number of hydrogen-bond acceptors (Lipinski definition) is 4. The minimum Gasteiger partial charge on any atom is -0.507 e. The predicted molar refractivity (Wildman–Crippen MR) is 99.6 cm³/mol. The van der Waals surface area contributed by atoms with Crippen molar-refractivity contribution in [1.82, 2.24) is 4.90 Å². The number of methoxy groups -OCH3 is 1. The van der Waals surface area contributed by atoms with E-state index in [1.165, 1.54) is 5.56 Å². The second kappa shape index (κ2) is 7.51. The Bertz CT molecular complexity index is 781. The number of thiophene rings is 1. The molecule has 2 aromatic carbocycles. The summed E-state index contributed by atoms with van der Waals surface area (Å²) in [4.78, 5) is 3.32. The van der Waals surface area contributed by atoms with Gasteiger partial charge in [-0.1, -0.05) is 30.3 Å². The van der Waals surface area contributed by atoms with Gasteiger partial charge in [0.25, 0.3) is 0 Å². The van der Waals surface area contributed by atoms with Gasteiger partial charge in [0.1, 0.15) is 11.5 Å². The average Bonchev–Trinajstić information content (AvgIpc) is 2.96. The first-order chi connectivity index (χ1) is 11.7. The third-order valence-electron chi connectivity index (χ3n) is 3.95. The molecule has 0 aliphatic rings. The Labute approximate surface area is 146 Å². The highest BCUT2D eigenvalue weighted by molar-refractivity contribution is 7.14. The Morgan fingerprint density at radius 1 is 1.00 bits per heavy atom. The van der Waals surface area contributed by atoms with E-state index in [0.29, 0.717) is 12.3 Å². The van der Waals surface area contributed by atoms with Crippen molar-refractivity contribution < 1.29 is 9.84 Å². The molecule has 0 aliphatic heterocycles. The summed E-state index contributed by atoms with van der Waals surface area (Å²) in [5.41, 5.74) is 3.34. The molecule has 24 heavy (non-hydrogen) atoms. The molecule has 0 unspecified atom stereocenters. The topological polar surface area (TPSA) is 32.7 Å². The summed E-state index contributed by atoms with van der Waals surface area (Å²) in [7, 11) is 3.73. The first kappa shape index (κ1) is 16.6. The zero-order chi connectivity index (χ0) is 16.9. The number of rotatable bonds is 6. The van der Waals surface area contributed by atoms with Crippen LogP contribution in [0.15, 0.2) is 60.0 Å². The Hall–Kier alpha value is -2.30. The molecule has 3 rings (SSSR count). The third-order valence-corrected chi connectivity index (χ3v) is 5.01. The van der Waals surface area contributed by atoms with E-state index in [9.17, 15) is 5.11 Å². The van der Waals surface area contributed by atoms with Gasteiger partial charge in [0.05, 0.1) is 7.11 Å². The zero-order valence-electron chi connectivity index (χ0n) is 13.9. The Kier molecular flexibility index (Phi) is 5.18. The Balaban J connectivity index is 1.79. The molecule has 4 heteroatoms. The minimum absolute atomic E-state index is 0.366. The SMILES string of the molecule is COc1ccc(-c2scc(O)c2CN(C)Cc2ccccc2)cc1. The van der Waals surface area contributed by atoms with Crippen LogP contribution in [0.2, 0.25) is 0 Å². The van der Waals surface area contributed by atoms with Crippen molar-refractivity contribution in [3.05, 3.63) is 71.1 Å². The van der Waals surface area contributed by atoms with Crippen LogP contribution in [0.5, 0.6) is 11.5 Å². The molecular weight excluding hydrogens is 318 g/mol. The summed E-state index contributed by atoms with van der Waals surface area (Å²) >= 11 is 1.57. The van der Waals surface area contributed by atoms with Crippen molar-refractivity contribution in [2.24, 2.45) is 0 Å². The molecule has 1 aromatic heterocycles. The molecule has 1 N–H and O–H groups in total. The quantitative estimate of drug-likeness (QED) is 0.703. The van der Waals surface area contributed by atoms with Crippen molar-refractivity contribution >= 4 is 11.3 Å². The summed E-state index contributed by atoms with van der Waals surface area (Å²) in [6, 6.07) is 18.3. The normalized spacial score (nSPS) is 11.0. The number of benzene rings is 2. The monoisotopic (exact) mass is 339 g/mol. The lowest BCUT2D eigenvalue weighted by molar-refractivity contribution is 0.314.